The van der Waals surface area contributed by atoms with Crippen molar-refractivity contribution in [1.29, 1.82) is 0 Å². The first kappa shape index (κ1) is 12.3. The maximum Gasteiger partial charge on any atom is 0.130 e. The normalized spacial score (nSPS) is 18.5. The van der Waals surface area contributed by atoms with Crippen molar-refractivity contribution in [1.82, 2.24) is 9.97 Å². The van der Waals surface area contributed by atoms with E-state index in [1.807, 2.05) is 19.9 Å². The third-order valence-corrected chi connectivity index (χ3v) is 3.42. The van der Waals surface area contributed by atoms with Crippen molar-refractivity contribution in [2.75, 3.05) is 5.32 Å². The molecule has 0 aliphatic heterocycles. The molecule has 0 bridgehead atoms. The molecule has 1 saturated carbocycles. The van der Waals surface area contributed by atoms with Gasteiger partial charge in [-0.2, -0.15) is 0 Å². The summed E-state index contributed by atoms with van der Waals surface area (Å²) in [7, 11) is 0. The number of hydrogen-bond donors (Lipinski definition) is 1. The Morgan fingerprint density at radius 3 is 2.29 bits per heavy atom. The maximum absolute atomic E-state index is 4.46. The van der Waals surface area contributed by atoms with Crippen molar-refractivity contribution in [3.63, 3.8) is 0 Å². The van der Waals surface area contributed by atoms with Crippen LogP contribution in [0.25, 0.3) is 0 Å². The summed E-state index contributed by atoms with van der Waals surface area (Å²) in [6.07, 6.45) is 9.45. The van der Waals surface area contributed by atoms with Crippen molar-refractivity contribution in [2.24, 2.45) is 0 Å². The monoisotopic (exact) mass is 233 g/mol. The Morgan fingerprint density at radius 1 is 1.00 bits per heavy atom. The Balaban J connectivity index is 1.97. The average Bonchev–Trinajstić information content (AvgIpc) is 2.20. The minimum atomic E-state index is 0.601. The summed E-state index contributed by atoms with van der Waals surface area (Å²) in [5.74, 6) is 1.86. The Hall–Kier alpha value is -1.12. The van der Waals surface area contributed by atoms with Gasteiger partial charge in [-0.1, -0.05) is 32.1 Å². The molecule has 0 aromatic carbocycles. The highest BCUT2D eigenvalue weighted by Gasteiger charge is 2.11. The molecular weight excluding hydrogens is 210 g/mol. The van der Waals surface area contributed by atoms with Crippen LogP contribution in [-0.2, 0) is 0 Å². The highest BCUT2D eigenvalue weighted by atomic mass is 15.0. The van der Waals surface area contributed by atoms with Crippen LogP contribution in [0.2, 0.25) is 0 Å². The van der Waals surface area contributed by atoms with E-state index in [9.17, 15) is 0 Å². The fourth-order valence-electron chi connectivity index (χ4n) is 2.60. The number of anilines is 1. The Bertz CT molecular complexity index is 334. The fraction of sp³-hybridized carbons (Fsp3) is 0.714. The van der Waals surface area contributed by atoms with Crippen LogP contribution < -0.4 is 5.32 Å². The minimum absolute atomic E-state index is 0.601. The van der Waals surface area contributed by atoms with E-state index in [1.165, 1.54) is 44.9 Å². The molecule has 0 saturated heterocycles. The SMILES string of the molecule is Cc1cc(NC2CCCCCCC2)nc(C)n1. The number of nitrogens with zero attached hydrogens (tertiary/aromatic N) is 2. The molecule has 1 heterocycles. The van der Waals surface area contributed by atoms with Crippen LogP contribution in [0, 0.1) is 13.8 Å². The minimum Gasteiger partial charge on any atom is -0.367 e. The second kappa shape index (κ2) is 5.99. The van der Waals surface area contributed by atoms with Crippen molar-refractivity contribution < 1.29 is 0 Å². The summed E-state index contributed by atoms with van der Waals surface area (Å²) in [6, 6.07) is 2.65. The van der Waals surface area contributed by atoms with E-state index >= 15 is 0 Å². The molecule has 1 aromatic heterocycles. The number of aromatic nitrogens is 2. The predicted octanol–water partition coefficient (Wildman–Crippen LogP) is 3.62. The van der Waals surface area contributed by atoms with E-state index in [1.54, 1.807) is 0 Å². The van der Waals surface area contributed by atoms with Gasteiger partial charge in [0.1, 0.15) is 11.6 Å². The van der Waals surface area contributed by atoms with Crippen molar-refractivity contribution in [3.8, 4) is 0 Å². The van der Waals surface area contributed by atoms with Crippen LogP contribution >= 0.6 is 0 Å². The number of rotatable bonds is 2. The van der Waals surface area contributed by atoms with Crippen LogP contribution in [0.4, 0.5) is 5.82 Å². The zero-order valence-corrected chi connectivity index (χ0v) is 11.0. The molecule has 17 heavy (non-hydrogen) atoms. The molecule has 0 atom stereocenters. The number of aryl methyl sites for hydroxylation is 2. The van der Waals surface area contributed by atoms with Gasteiger partial charge in [0.2, 0.25) is 0 Å². The molecule has 3 heteroatoms. The topological polar surface area (TPSA) is 37.8 Å². The van der Waals surface area contributed by atoms with Gasteiger partial charge in [-0.3, -0.25) is 0 Å². The fourth-order valence-corrected chi connectivity index (χ4v) is 2.60. The lowest BCUT2D eigenvalue weighted by molar-refractivity contribution is 0.470. The summed E-state index contributed by atoms with van der Waals surface area (Å²) in [5.41, 5.74) is 1.05. The van der Waals surface area contributed by atoms with E-state index < -0.39 is 0 Å². The predicted molar refractivity (Wildman–Crippen MR) is 71.2 cm³/mol. The lowest BCUT2D eigenvalue weighted by Gasteiger charge is -2.21. The molecule has 94 valence electrons. The first-order valence-corrected chi connectivity index (χ1v) is 6.83. The van der Waals surface area contributed by atoms with E-state index in [-0.39, 0.29) is 0 Å². The van der Waals surface area contributed by atoms with Gasteiger partial charge in [0.25, 0.3) is 0 Å². The highest BCUT2D eigenvalue weighted by molar-refractivity contribution is 5.36. The zero-order valence-electron chi connectivity index (χ0n) is 11.0. The zero-order chi connectivity index (χ0) is 12.1. The molecule has 0 amide bonds. The molecule has 1 fully saturated rings. The third-order valence-electron chi connectivity index (χ3n) is 3.42. The van der Waals surface area contributed by atoms with E-state index in [0.717, 1.165) is 17.3 Å². The maximum atomic E-state index is 4.46. The van der Waals surface area contributed by atoms with Crippen molar-refractivity contribution in [3.05, 3.63) is 17.6 Å². The quantitative estimate of drug-likeness (QED) is 0.847. The van der Waals surface area contributed by atoms with Gasteiger partial charge in [0.15, 0.2) is 0 Å². The average molecular weight is 233 g/mol. The highest BCUT2D eigenvalue weighted by Crippen LogP contribution is 2.20. The van der Waals surface area contributed by atoms with E-state index in [4.69, 9.17) is 0 Å². The molecule has 3 nitrogen and oxygen atoms in total. The third kappa shape index (κ3) is 3.99. The molecule has 0 unspecified atom stereocenters. The van der Waals surface area contributed by atoms with E-state index in [0.29, 0.717) is 6.04 Å². The number of hydrogen-bond acceptors (Lipinski definition) is 3. The molecule has 0 radical (unpaired) electrons. The molecule has 2 rings (SSSR count). The van der Waals surface area contributed by atoms with Crippen LogP contribution in [-0.4, -0.2) is 16.0 Å². The Labute approximate surface area is 104 Å². The van der Waals surface area contributed by atoms with Gasteiger partial charge in [0.05, 0.1) is 0 Å². The molecule has 0 spiro atoms. The molecule has 1 aromatic rings. The van der Waals surface area contributed by atoms with Gasteiger partial charge in [0, 0.05) is 17.8 Å². The van der Waals surface area contributed by atoms with E-state index in [2.05, 4.69) is 15.3 Å². The summed E-state index contributed by atoms with van der Waals surface area (Å²) >= 11 is 0. The van der Waals surface area contributed by atoms with Crippen molar-refractivity contribution in [2.45, 2.75) is 64.8 Å². The molecule has 1 N–H and O–H groups in total. The van der Waals surface area contributed by atoms with Crippen LogP contribution in [0.3, 0.4) is 0 Å². The van der Waals surface area contributed by atoms with Crippen LogP contribution in [0.15, 0.2) is 6.07 Å². The van der Waals surface area contributed by atoms with Crippen LogP contribution in [0.1, 0.15) is 56.5 Å². The summed E-state index contributed by atoms with van der Waals surface area (Å²) in [5, 5.41) is 3.58. The lowest BCUT2D eigenvalue weighted by atomic mass is 9.97. The largest absolute Gasteiger partial charge is 0.367 e. The van der Waals surface area contributed by atoms with Gasteiger partial charge in [-0.05, 0) is 26.7 Å². The van der Waals surface area contributed by atoms with Crippen LogP contribution in [0.5, 0.6) is 0 Å². The Kier molecular flexibility index (Phi) is 4.35. The standard InChI is InChI=1S/C14H23N3/c1-11-10-14(16-12(2)15-11)17-13-8-6-4-3-5-7-9-13/h10,13H,3-9H2,1-2H3,(H,15,16,17). The second-order valence-corrected chi connectivity index (χ2v) is 5.13. The summed E-state index contributed by atoms with van der Waals surface area (Å²) < 4.78 is 0. The first-order valence-electron chi connectivity index (χ1n) is 6.83. The lowest BCUT2D eigenvalue weighted by Crippen LogP contribution is -2.21. The summed E-state index contributed by atoms with van der Waals surface area (Å²) in [4.78, 5) is 8.77. The molecular formula is C14H23N3. The van der Waals surface area contributed by atoms with Gasteiger partial charge >= 0.3 is 0 Å². The smallest absolute Gasteiger partial charge is 0.130 e. The number of nitrogens with one attached hydrogen (secondary N) is 1. The van der Waals surface area contributed by atoms with Gasteiger partial charge in [-0.15, -0.1) is 0 Å². The van der Waals surface area contributed by atoms with Crippen molar-refractivity contribution >= 4 is 5.82 Å². The molecule has 1 aliphatic carbocycles. The van der Waals surface area contributed by atoms with Gasteiger partial charge < -0.3 is 5.32 Å². The Morgan fingerprint density at radius 2 is 1.65 bits per heavy atom. The van der Waals surface area contributed by atoms with Gasteiger partial charge in [-0.25, -0.2) is 9.97 Å². The second-order valence-electron chi connectivity index (χ2n) is 5.13. The molecule has 1 aliphatic rings. The summed E-state index contributed by atoms with van der Waals surface area (Å²) in [6.45, 7) is 3.98. The first-order chi connectivity index (χ1) is 8.24.